The van der Waals surface area contributed by atoms with Crippen LogP contribution < -0.4 is 29.6 Å². The van der Waals surface area contributed by atoms with Crippen LogP contribution in [0.2, 0.25) is 0 Å². The van der Waals surface area contributed by atoms with Crippen LogP contribution in [-0.4, -0.2) is 15.9 Å². The summed E-state index contributed by atoms with van der Waals surface area (Å²) in [6.07, 6.45) is 4.23. The van der Waals surface area contributed by atoms with E-state index < -0.39 is 13.9 Å². The van der Waals surface area contributed by atoms with Crippen LogP contribution >= 0.6 is 7.82 Å². The van der Waals surface area contributed by atoms with Gasteiger partial charge in [-0.2, -0.15) is 0 Å². The molecular weight excluding hydrogens is 214 g/mol. The Morgan fingerprint density at radius 1 is 1.64 bits per heavy atom. The van der Waals surface area contributed by atoms with Crippen molar-refractivity contribution < 1.29 is 49.9 Å². The van der Waals surface area contributed by atoms with Gasteiger partial charge in [-0.15, -0.1) is 6.58 Å². The standard InChI is InChI=1S/C8H17O4P.Na.H/c1-3-5-7-8(6-4-2)12-13(9,10)11;;/h4,8H,2-3,5-7H2,1H3,(H2,9,10,11);;/q;+1;-1. The molecule has 1 atom stereocenters. The molecular formula is C8H18NaO4P. The average Bonchev–Trinajstić information content (AvgIpc) is 1.98. The zero-order chi connectivity index (χ0) is 10.3. The molecule has 0 aliphatic heterocycles. The van der Waals surface area contributed by atoms with Crippen LogP contribution in [0, 0.1) is 0 Å². The van der Waals surface area contributed by atoms with E-state index in [9.17, 15) is 4.57 Å². The number of rotatable bonds is 7. The van der Waals surface area contributed by atoms with Crippen molar-refractivity contribution in [1.82, 2.24) is 0 Å². The van der Waals surface area contributed by atoms with E-state index in [-0.39, 0.29) is 31.0 Å². The maximum atomic E-state index is 10.5. The molecule has 0 aliphatic carbocycles. The summed E-state index contributed by atoms with van der Waals surface area (Å²) < 4.78 is 15.1. The third kappa shape index (κ3) is 10.9. The molecule has 0 fully saturated rings. The van der Waals surface area contributed by atoms with Crippen molar-refractivity contribution in [3.05, 3.63) is 12.7 Å². The van der Waals surface area contributed by atoms with Crippen LogP contribution in [0.4, 0.5) is 0 Å². The van der Waals surface area contributed by atoms with E-state index in [1.807, 2.05) is 6.92 Å². The second kappa shape index (κ2) is 9.10. The Morgan fingerprint density at radius 3 is 2.57 bits per heavy atom. The van der Waals surface area contributed by atoms with E-state index in [0.29, 0.717) is 12.8 Å². The van der Waals surface area contributed by atoms with E-state index >= 15 is 0 Å². The SMILES string of the molecule is C=CCC(CCCC)OP(=O)(O)O.[H-].[Na+]. The summed E-state index contributed by atoms with van der Waals surface area (Å²) >= 11 is 0. The molecule has 6 heteroatoms. The Balaban J connectivity index is -0.000000720. The summed E-state index contributed by atoms with van der Waals surface area (Å²) in [6, 6.07) is 0. The van der Waals surface area contributed by atoms with Crippen molar-refractivity contribution in [3.63, 3.8) is 0 Å². The third-order valence-electron chi connectivity index (χ3n) is 1.60. The molecule has 0 saturated carbocycles. The van der Waals surface area contributed by atoms with E-state index in [0.717, 1.165) is 12.8 Å². The van der Waals surface area contributed by atoms with Gasteiger partial charge in [0, 0.05) is 0 Å². The molecule has 0 spiro atoms. The molecule has 14 heavy (non-hydrogen) atoms. The molecule has 0 aromatic rings. The predicted molar refractivity (Wildman–Crippen MR) is 52.4 cm³/mol. The summed E-state index contributed by atoms with van der Waals surface area (Å²) in [6.45, 7) is 5.52. The van der Waals surface area contributed by atoms with Crippen molar-refractivity contribution in [1.29, 1.82) is 0 Å². The Labute approximate surface area is 109 Å². The minimum Gasteiger partial charge on any atom is -1.00 e. The maximum Gasteiger partial charge on any atom is 1.00 e. The van der Waals surface area contributed by atoms with Gasteiger partial charge in [-0.05, 0) is 12.8 Å². The topological polar surface area (TPSA) is 66.8 Å². The average molecular weight is 232 g/mol. The first-order chi connectivity index (χ1) is 5.99. The van der Waals surface area contributed by atoms with Gasteiger partial charge in [0.25, 0.3) is 0 Å². The fourth-order valence-corrected chi connectivity index (χ4v) is 1.61. The van der Waals surface area contributed by atoms with Crippen LogP contribution in [0.25, 0.3) is 0 Å². The van der Waals surface area contributed by atoms with Crippen LogP contribution in [0.5, 0.6) is 0 Å². The molecule has 0 aliphatic rings. The summed E-state index contributed by atoms with van der Waals surface area (Å²) in [5.74, 6) is 0. The molecule has 80 valence electrons. The van der Waals surface area contributed by atoms with Gasteiger partial charge in [-0.3, -0.25) is 4.52 Å². The van der Waals surface area contributed by atoms with Gasteiger partial charge < -0.3 is 11.2 Å². The van der Waals surface area contributed by atoms with E-state index in [1.165, 1.54) is 0 Å². The third-order valence-corrected chi connectivity index (χ3v) is 2.17. The molecule has 0 aromatic heterocycles. The summed E-state index contributed by atoms with van der Waals surface area (Å²) in [4.78, 5) is 17.1. The molecule has 0 aromatic carbocycles. The normalized spacial score (nSPS) is 13.1. The first-order valence-electron chi connectivity index (χ1n) is 4.34. The zero-order valence-electron chi connectivity index (χ0n) is 9.85. The second-order valence-electron chi connectivity index (χ2n) is 2.88. The fraction of sp³-hybridized carbons (Fsp3) is 0.750. The van der Waals surface area contributed by atoms with Crippen LogP contribution in [0.3, 0.4) is 0 Å². The van der Waals surface area contributed by atoms with Gasteiger partial charge >= 0.3 is 37.4 Å². The summed E-state index contributed by atoms with van der Waals surface area (Å²) in [5.41, 5.74) is 0. The number of phosphoric acid groups is 1. The molecule has 4 nitrogen and oxygen atoms in total. The molecule has 2 N–H and O–H groups in total. The smallest absolute Gasteiger partial charge is 1.00 e. The Hall–Kier alpha value is 0.850. The summed E-state index contributed by atoms with van der Waals surface area (Å²) in [5, 5.41) is 0. The van der Waals surface area contributed by atoms with Gasteiger partial charge in [0.1, 0.15) is 0 Å². The first-order valence-corrected chi connectivity index (χ1v) is 5.87. The zero-order valence-corrected chi connectivity index (χ0v) is 11.7. The minimum absolute atomic E-state index is 0. The van der Waals surface area contributed by atoms with Crippen molar-refractivity contribution in [2.24, 2.45) is 0 Å². The Morgan fingerprint density at radius 2 is 2.21 bits per heavy atom. The van der Waals surface area contributed by atoms with Crippen molar-refractivity contribution in [2.45, 2.75) is 38.7 Å². The van der Waals surface area contributed by atoms with Crippen molar-refractivity contribution in [3.8, 4) is 0 Å². The number of unbranched alkanes of at least 4 members (excludes halogenated alkanes) is 1. The Bertz CT molecular complexity index is 197. The second-order valence-corrected chi connectivity index (χ2v) is 4.08. The van der Waals surface area contributed by atoms with Crippen LogP contribution in [0.1, 0.15) is 34.0 Å². The molecule has 0 radical (unpaired) electrons. The maximum absolute atomic E-state index is 10.5. The molecule has 0 heterocycles. The van der Waals surface area contributed by atoms with E-state index in [4.69, 9.17) is 9.79 Å². The van der Waals surface area contributed by atoms with Crippen molar-refractivity contribution >= 4 is 7.82 Å². The largest absolute Gasteiger partial charge is 1.00 e. The van der Waals surface area contributed by atoms with Gasteiger partial charge in [0.05, 0.1) is 6.10 Å². The van der Waals surface area contributed by atoms with Gasteiger partial charge in [-0.1, -0.05) is 25.8 Å². The number of hydrogen-bond acceptors (Lipinski definition) is 2. The number of phosphoric ester groups is 1. The molecule has 0 bridgehead atoms. The molecule has 1 unspecified atom stereocenters. The monoisotopic (exact) mass is 232 g/mol. The quantitative estimate of drug-likeness (QED) is 0.347. The minimum atomic E-state index is -4.34. The number of hydrogen-bond donors (Lipinski definition) is 2. The Kier molecular flexibility index (Phi) is 11.2. The van der Waals surface area contributed by atoms with Gasteiger partial charge in [-0.25, -0.2) is 4.57 Å². The van der Waals surface area contributed by atoms with Crippen molar-refractivity contribution in [2.75, 3.05) is 0 Å². The fourth-order valence-electron chi connectivity index (χ4n) is 1.03. The molecule has 0 saturated heterocycles. The van der Waals surface area contributed by atoms with Crippen LogP contribution in [0.15, 0.2) is 12.7 Å². The van der Waals surface area contributed by atoms with Gasteiger partial charge in [0.15, 0.2) is 0 Å². The molecule has 0 rings (SSSR count). The predicted octanol–water partition coefficient (Wildman–Crippen LogP) is -0.653. The van der Waals surface area contributed by atoms with Crippen LogP contribution in [-0.2, 0) is 9.09 Å². The van der Waals surface area contributed by atoms with E-state index in [1.54, 1.807) is 6.08 Å². The molecule has 0 amide bonds. The van der Waals surface area contributed by atoms with E-state index in [2.05, 4.69) is 11.1 Å². The first kappa shape index (κ1) is 17.3. The summed E-state index contributed by atoms with van der Waals surface area (Å²) in [7, 11) is -4.34. The van der Waals surface area contributed by atoms with Gasteiger partial charge in [0.2, 0.25) is 0 Å².